The third-order valence-corrected chi connectivity index (χ3v) is 3.89. The fourth-order valence-electron chi connectivity index (χ4n) is 2.65. The maximum absolute atomic E-state index is 12.4. The van der Waals surface area contributed by atoms with Gasteiger partial charge in [0.15, 0.2) is 0 Å². The molecule has 1 aromatic carbocycles. The number of rotatable bonds is 5. The first-order valence-corrected chi connectivity index (χ1v) is 8.02. The molecular formula is C19H19N3O3. The number of aromatic amines is 1. The van der Waals surface area contributed by atoms with E-state index in [4.69, 9.17) is 4.74 Å². The predicted molar refractivity (Wildman–Crippen MR) is 95.8 cm³/mol. The number of carbonyl (C=O) groups is 1. The Balaban J connectivity index is 1.88. The normalized spacial score (nSPS) is 10.6. The maximum Gasteiger partial charge on any atom is 0.254 e. The van der Waals surface area contributed by atoms with E-state index in [9.17, 15) is 9.59 Å². The van der Waals surface area contributed by atoms with Gasteiger partial charge in [0.1, 0.15) is 5.75 Å². The second-order valence-electron chi connectivity index (χ2n) is 5.70. The predicted octanol–water partition coefficient (Wildman–Crippen LogP) is 2.59. The van der Waals surface area contributed by atoms with Crippen LogP contribution in [0.2, 0.25) is 0 Å². The van der Waals surface area contributed by atoms with Crippen molar-refractivity contribution >= 4 is 16.8 Å². The molecule has 0 bridgehead atoms. The van der Waals surface area contributed by atoms with Crippen LogP contribution in [-0.4, -0.2) is 34.4 Å². The summed E-state index contributed by atoms with van der Waals surface area (Å²) in [7, 11) is 1.67. The van der Waals surface area contributed by atoms with Crippen molar-refractivity contribution in [3.05, 3.63) is 70.3 Å². The topological polar surface area (TPSA) is 75.3 Å². The molecule has 0 aliphatic heterocycles. The number of benzene rings is 1. The molecule has 0 aliphatic carbocycles. The van der Waals surface area contributed by atoms with Crippen molar-refractivity contribution in [2.45, 2.75) is 13.5 Å². The molecule has 6 heteroatoms. The van der Waals surface area contributed by atoms with Crippen molar-refractivity contribution in [2.24, 2.45) is 0 Å². The molecule has 0 radical (unpaired) electrons. The number of hydrogen-bond acceptors (Lipinski definition) is 4. The summed E-state index contributed by atoms with van der Waals surface area (Å²) in [5.74, 6) is 0.583. The van der Waals surface area contributed by atoms with Gasteiger partial charge in [0.25, 0.3) is 11.5 Å². The molecule has 0 saturated heterocycles. The smallest absolute Gasteiger partial charge is 0.254 e. The molecule has 3 aromatic rings. The molecule has 3 rings (SSSR count). The van der Waals surface area contributed by atoms with Crippen LogP contribution in [0.4, 0.5) is 0 Å². The zero-order chi connectivity index (χ0) is 17.8. The first kappa shape index (κ1) is 16.7. The zero-order valence-electron chi connectivity index (χ0n) is 14.2. The summed E-state index contributed by atoms with van der Waals surface area (Å²) in [6.07, 6.45) is 3.14. The summed E-state index contributed by atoms with van der Waals surface area (Å²) in [5.41, 5.74) is 1.59. The van der Waals surface area contributed by atoms with E-state index >= 15 is 0 Å². The van der Waals surface area contributed by atoms with Crippen molar-refractivity contribution < 1.29 is 9.53 Å². The molecule has 25 heavy (non-hydrogen) atoms. The number of nitrogens with one attached hydrogen (secondary N) is 1. The van der Waals surface area contributed by atoms with E-state index in [0.29, 0.717) is 17.7 Å². The summed E-state index contributed by atoms with van der Waals surface area (Å²) in [5, 5.41) is 0.866. The Kier molecular flexibility index (Phi) is 4.79. The molecule has 0 unspecified atom stereocenters. The molecule has 0 atom stereocenters. The van der Waals surface area contributed by atoms with Gasteiger partial charge in [-0.15, -0.1) is 0 Å². The van der Waals surface area contributed by atoms with Crippen LogP contribution in [0, 0.1) is 0 Å². The highest BCUT2D eigenvalue weighted by Gasteiger charge is 2.14. The van der Waals surface area contributed by atoms with Crippen LogP contribution in [0.5, 0.6) is 5.75 Å². The van der Waals surface area contributed by atoms with Gasteiger partial charge >= 0.3 is 0 Å². The van der Waals surface area contributed by atoms with E-state index in [-0.39, 0.29) is 18.0 Å². The summed E-state index contributed by atoms with van der Waals surface area (Å²) in [6.45, 7) is 2.71. The third kappa shape index (κ3) is 3.68. The van der Waals surface area contributed by atoms with Gasteiger partial charge in [0.05, 0.1) is 13.2 Å². The summed E-state index contributed by atoms with van der Waals surface area (Å²) >= 11 is 0. The molecule has 0 fully saturated rings. The molecule has 0 saturated carbocycles. The lowest BCUT2D eigenvalue weighted by molar-refractivity contribution is 0.0784. The number of pyridine rings is 2. The largest absolute Gasteiger partial charge is 0.494 e. The average Bonchev–Trinajstić information content (AvgIpc) is 2.63. The van der Waals surface area contributed by atoms with Gasteiger partial charge in [-0.25, -0.2) is 0 Å². The second kappa shape index (κ2) is 7.17. The van der Waals surface area contributed by atoms with E-state index in [1.54, 1.807) is 37.6 Å². The summed E-state index contributed by atoms with van der Waals surface area (Å²) in [4.78, 5) is 33.0. The van der Waals surface area contributed by atoms with Crippen molar-refractivity contribution in [2.75, 3.05) is 13.7 Å². The highest BCUT2D eigenvalue weighted by molar-refractivity contribution is 5.93. The number of carbonyl (C=O) groups excluding carboxylic acids is 1. The lowest BCUT2D eigenvalue weighted by Crippen LogP contribution is -2.29. The van der Waals surface area contributed by atoms with Crippen LogP contribution < -0.4 is 10.3 Å². The number of aromatic nitrogens is 2. The number of ether oxygens (including phenoxy) is 1. The standard InChI is InChI=1S/C19H19N3O3/c1-3-25-16-4-5-17-14(11-16)10-15(18(23)21-17)12-22(2)19(24)13-6-8-20-9-7-13/h4-11H,3,12H2,1-2H3,(H,21,23). The van der Waals surface area contributed by atoms with E-state index in [0.717, 1.165) is 16.7 Å². The van der Waals surface area contributed by atoms with Gasteiger partial charge in [-0.3, -0.25) is 14.6 Å². The van der Waals surface area contributed by atoms with Crippen LogP contribution in [0.25, 0.3) is 10.9 Å². The Hall–Kier alpha value is -3.15. The van der Waals surface area contributed by atoms with Crippen LogP contribution in [-0.2, 0) is 6.54 Å². The van der Waals surface area contributed by atoms with Crippen molar-refractivity contribution in [3.63, 3.8) is 0 Å². The zero-order valence-corrected chi connectivity index (χ0v) is 14.2. The van der Waals surface area contributed by atoms with Crippen molar-refractivity contribution in [3.8, 4) is 5.75 Å². The monoisotopic (exact) mass is 337 g/mol. The number of amides is 1. The maximum atomic E-state index is 12.4. The molecule has 0 aliphatic rings. The molecule has 128 valence electrons. The fraction of sp³-hybridized carbons (Fsp3) is 0.211. The summed E-state index contributed by atoms with van der Waals surface area (Å²) < 4.78 is 5.50. The average molecular weight is 337 g/mol. The van der Waals surface area contributed by atoms with Gasteiger partial charge in [-0.1, -0.05) is 0 Å². The van der Waals surface area contributed by atoms with Gasteiger partial charge in [-0.05, 0) is 43.3 Å². The Morgan fingerprint density at radius 3 is 2.68 bits per heavy atom. The third-order valence-electron chi connectivity index (χ3n) is 3.89. The molecule has 0 spiro atoms. The van der Waals surface area contributed by atoms with Crippen LogP contribution in [0.15, 0.2) is 53.6 Å². The van der Waals surface area contributed by atoms with Crippen LogP contribution >= 0.6 is 0 Å². The SMILES string of the molecule is CCOc1ccc2[nH]c(=O)c(CN(C)C(=O)c3ccncc3)cc2c1. The Morgan fingerprint density at radius 1 is 1.20 bits per heavy atom. The lowest BCUT2D eigenvalue weighted by atomic mass is 10.1. The molecule has 2 heterocycles. The molecule has 6 nitrogen and oxygen atoms in total. The number of hydrogen-bond donors (Lipinski definition) is 1. The number of nitrogens with zero attached hydrogens (tertiary/aromatic N) is 2. The number of fused-ring (bicyclic) bond motifs is 1. The molecule has 1 N–H and O–H groups in total. The highest BCUT2D eigenvalue weighted by Crippen LogP contribution is 2.19. The molecule has 1 amide bonds. The first-order valence-electron chi connectivity index (χ1n) is 8.02. The molecular weight excluding hydrogens is 318 g/mol. The number of H-pyrrole nitrogens is 1. The van der Waals surface area contributed by atoms with Gasteiger partial charge in [0, 0.05) is 41.5 Å². The summed E-state index contributed by atoms with van der Waals surface area (Å²) in [6, 6.07) is 10.6. The quantitative estimate of drug-likeness (QED) is 0.776. The minimum absolute atomic E-state index is 0.162. The Labute approximate surface area is 145 Å². The van der Waals surface area contributed by atoms with Crippen LogP contribution in [0.3, 0.4) is 0 Å². The van der Waals surface area contributed by atoms with Gasteiger partial charge in [0.2, 0.25) is 0 Å². The van der Waals surface area contributed by atoms with E-state index in [1.165, 1.54) is 4.90 Å². The highest BCUT2D eigenvalue weighted by atomic mass is 16.5. The van der Waals surface area contributed by atoms with Crippen molar-refractivity contribution in [1.29, 1.82) is 0 Å². The van der Waals surface area contributed by atoms with Gasteiger partial charge < -0.3 is 14.6 Å². The van der Waals surface area contributed by atoms with E-state index in [2.05, 4.69) is 9.97 Å². The van der Waals surface area contributed by atoms with Gasteiger partial charge in [-0.2, -0.15) is 0 Å². The second-order valence-corrected chi connectivity index (χ2v) is 5.70. The lowest BCUT2D eigenvalue weighted by Gasteiger charge is -2.17. The molecule has 2 aromatic heterocycles. The Morgan fingerprint density at radius 2 is 1.96 bits per heavy atom. The minimum Gasteiger partial charge on any atom is -0.494 e. The first-order chi connectivity index (χ1) is 12.1. The minimum atomic E-state index is -0.203. The van der Waals surface area contributed by atoms with E-state index in [1.807, 2.05) is 25.1 Å². The Bertz CT molecular complexity index is 951. The van der Waals surface area contributed by atoms with Crippen LogP contribution in [0.1, 0.15) is 22.8 Å². The van der Waals surface area contributed by atoms with Crippen molar-refractivity contribution in [1.82, 2.24) is 14.9 Å². The van der Waals surface area contributed by atoms with E-state index < -0.39 is 0 Å². The fourth-order valence-corrected chi connectivity index (χ4v) is 2.65.